The van der Waals surface area contributed by atoms with Crippen LogP contribution >= 0.6 is 0 Å². The van der Waals surface area contributed by atoms with Crippen LogP contribution in [0, 0.1) is 0 Å². The van der Waals surface area contributed by atoms with Crippen LogP contribution in [0.25, 0.3) is 0 Å². The maximum absolute atomic E-state index is 8.72. The molecule has 0 aliphatic carbocycles. The van der Waals surface area contributed by atoms with Crippen molar-refractivity contribution >= 4 is 0 Å². The third-order valence-electron chi connectivity index (χ3n) is 1.24. The second-order valence-electron chi connectivity index (χ2n) is 2.18. The minimum atomic E-state index is -4.03. The van der Waals surface area contributed by atoms with Gasteiger partial charge < -0.3 is 5.11 Å². The molecule has 73 valence electrons. The van der Waals surface area contributed by atoms with Gasteiger partial charge in [0.15, 0.2) is 0 Å². The first-order valence-electron chi connectivity index (χ1n) is 3.60. The summed E-state index contributed by atoms with van der Waals surface area (Å²) in [6.45, 7) is 0.240. The van der Waals surface area contributed by atoms with Crippen LogP contribution in [0.3, 0.4) is 0 Å². The van der Waals surface area contributed by atoms with E-state index in [4.69, 9.17) is 15.7 Å². The van der Waals surface area contributed by atoms with E-state index in [0.29, 0.717) is 0 Å². The van der Waals surface area contributed by atoms with E-state index in [9.17, 15) is 0 Å². The van der Waals surface area contributed by atoms with E-state index in [1.165, 1.54) is 5.56 Å². The molecular formula is C8H11O4W. The summed E-state index contributed by atoms with van der Waals surface area (Å²) >= 11 is -4.03. The molecule has 0 saturated carbocycles. The van der Waals surface area contributed by atoms with Gasteiger partial charge in [-0.1, -0.05) is 30.3 Å². The Morgan fingerprint density at radius 2 is 1.62 bits per heavy atom. The van der Waals surface area contributed by atoms with Crippen LogP contribution in [0.2, 0.25) is 0 Å². The molecule has 0 bridgehead atoms. The van der Waals surface area contributed by atoms with E-state index in [0.717, 1.165) is 6.42 Å². The Kier molecular flexibility index (Phi) is 7.69. The van der Waals surface area contributed by atoms with Crippen LogP contribution in [-0.2, 0) is 30.8 Å². The van der Waals surface area contributed by atoms with Crippen LogP contribution in [-0.4, -0.2) is 15.5 Å². The second-order valence-corrected chi connectivity index (χ2v) is 3.74. The Morgan fingerprint density at radius 3 is 2.00 bits per heavy atom. The third-order valence-corrected chi connectivity index (χ3v) is 1.24. The molecule has 0 amide bonds. The van der Waals surface area contributed by atoms with Gasteiger partial charge in [0.1, 0.15) is 0 Å². The molecule has 0 saturated heterocycles. The molecule has 0 fully saturated rings. The van der Waals surface area contributed by atoms with Crippen molar-refractivity contribution in [1.29, 1.82) is 0 Å². The molecule has 0 aromatic heterocycles. The van der Waals surface area contributed by atoms with E-state index < -0.39 is 17.6 Å². The van der Waals surface area contributed by atoms with Crippen molar-refractivity contribution in [3.8, 4) is 0 Å². The molecule has 2 N–H and O–H groups in total. The summed E-state index contributed by atoms with van der Waals surface area (Å²) in [5.41, 5.74) is 1.19. The van der Waals surface area contributed by atoms with Crippen LogP contribution in [0.15, 0.2) is 30.3 Å². The predicted octanol–water partition coefficient (Wildman–Crippen LogP) is 0.424. The first-order valence-corrected chi connectivity index (χ1v) is 7.30. The van der Waals surface area contributed by atoms with Crippen LogP contribution < -0.4 is 0 Å². The first kappa shape index (κ1) is 12.4. The van der Waals surface area contributed by atoms with Crippen LogP contribution in [0.5, 0.6) is 0 Å². The Bertz CT molecular complexity index is 273. The fourth-order valence-electron chi connectivity index (χ4n) is 0.774. The van der Waals surface area contributed by atoms with Crippen molar-refractivity contribution in [3.05, 3.63) is 35.9 Å². The van der Waals surface area contributed by atoms with Crippen LogP contribution in [0.4, 0.5) is 0 Å². The zero-order valence-corrected chi connectivity index (χ0v) is 9.85. The van der Waals surface area contributed by atoms with Crippen molar-refractivity contribution < 1.29 is 33.3 Å². The molecule has 5 heteroatoms. The van der Waals surface area contributed by atoms with Crippen molar-refractivity contribution in [1.82, 2.24) is 0 Å². The summed E-state index contributed by atoms with van der Waals surface area (Å²) in [4.78, 5) is 0. The van der Waals surface area contributed by atoms with Gasteiger partial charge in [-0.25, -0.2) is 0 Å². The van der Waals surface area contributed by atoms with E-state index in [1.807, 2.05) is 30.3 Å². The van der Waals surface area contributed by atoms with E-state index in [-0.39, 0.29) is 6.61 Å². The second kappa shape index (κ2) is 8.05. The van der Waals surface area contributed by atoms with Gasteiger partial charge in [-0.15, -0.1) is 0 Å². The molecule has 1 rings (SSSR count). The van der Waals surface area contributed by atoms with Crippen molar-refractivity contribution in [2.45, 2.75) is 6.42 Å². The van der Waals surface area contributed by atoms with Gasteiger partial charge in [0, 0.05) is 6.61 Å². The molecule has 1 aromatic carbocycles. The number of aliphatic hydroxyl groups is 1. The predicted molar refractivity (Wildman–Crippen MR) is 40.8 cm³/mol. The van der Waals surface area contributed by atoms with Crippen molar-refractivity contribution in [2.24, 2.45) is 0 Å². The van der Waals surface area contributed by atoms with Crippen molar-refractivity contribution in [3.63, 3.8) is 0 Å². The Labute approximate surface area is 82.5 Å². The maximum atomic E-state index is 8.72. The van der Waals surface area contributed by atoms with Gasteiger partial charge in [-0.2, -0.15) is 0 Å². The summed E-state index contributed by atoms with van der Waals surface area (Å²) in [5, 5.41) is 8.52. The van der Waals surface area contributed by atoms with Gasteiger partial charge in [0.05, 0.1) is 0 Å². The Morgan fingerprint density at radius 1 is 1.15 bits per heavy atom. The standard InChI is InChI=1S/C8H10O.H2O.2O.W/c9-7-6-8-4-2-1-3-5-8;;;;/h1-5,9H,6-7H2;1H2;;;/q;;;;+1/p-1. The average Bonchev–Trinajstić information content (AvgIpc) is 2.06. The number of rotatable bonds is 2. The average molecular weight is 355 g/mol. The zero-order valence-electron chi connectivity index (χ0n) is 6.92. The van der Waals surface area contributed by atoms with Crippen molar-refractivity contribution in [2.75, 3.05) is 6.61 Å². The number of hydrogen-bond donors (Lipinski definition) is 2. The van der Waals surface area contributed by atoms with Gasteiger partial charge >= 0.3 is 28.2 Å². The fraction of sp³-hybridized carbons (Fsp3) is 0.250. The van der Waals surface area contributed by atoms with E-state index in [2.05, 4.69) is 0 Å². The quantitative estimate of drug-likeness (QED) is 0.807. The summed E-state index contributed by atoms with van der Waals surface area (Å²) in [7, 11) is 0. The molecule has 0 atom stereocenters. The minimum absolute atomic E-state index is 0.240. The van der Waals surface area contributed by atoms with Gasteiger partial charge in [-0.05, 0) is 12.0 Å². The molecular weight excluding hydrogens is 344 g/mol. The number of aliphatic hydroxyl groups excluding tert-OH is 1. The number of hydrogen-bond acceptors (Lipinski definition) is 3. The normalized spacial score (nSPS) is 8.46. The summed E-state index contributed by atoms with van der Waals surface area (Å²) in [5.74, 6) is 0. The molecule has 0 aliphatic heterocycles. The topological polar surface area (TPSA) is 74.6 Å². The molecule has 0 spiro atoms. The number of benzene rings is 1. The molecule has 4 nitrogen and oxygen atoms in total. The van der Waals surface area contributed by atoms with Gasteiger partial charge in [0.2, 0.25) is 0 Å². The summed E-state index contributed by atoms with van der Waals surface area (Å²) in [6, 6.07) is 9.95. The van der Waals surface area contributed by atoms with Gasteiger partial charge in [0.25, 0.3) is 0 Å². The Hall–Kier alpha value is -0.572. The van der Waals surface area contributed by atoms with Gasteiger partial charge in [-0.3, -0.25) is 0 Å². The molecule has 0 radical (unpaired) electrons. The molecule has 0 aliphatic rings. The molecule has 0 unspecified atom stereocenters. The summed E-state index contributed by atoms with van der Waals surface area (Å²) < 4.78 is 24.6. The monoisotopic (exact) mass is 355 g/mol. The summed E-state index contributed by atoms with van der Waals surface area (Å²) in [6.07, 6.45) is 0.765. The molecule has 0 heterocycles. The Balaban J connectivity index is 0.000000310. The molecule has 1 aromatic rings. The molecule has 13 heavy (non-hydrogen) atoms. The van der Waals surface area contributed by atoms with E-state index in [1.54, 1.807) is 0 Å². The fourth-order valence-corrected chi connectivity index (χ4v) is 0.774. The van der Waals surface area contributed by atoms with E-state index >= 15 is 0 Å². The third kappa shape index (κ3) is 9.34. The first-order chi connectivity index (χ1) is 6.16. The van der Waals surface area contributed by atoms with Crippen LogP contribution in [0.1, 0.15) is 5.56 Å². The zero-order chi connectivity index (χ0) is 10.1. The SMILES string of the molecule is OCCc1ccccc1.[O]=[W](=[O])[OH].